The molecule has 148 valence electrons. The molecular formula is C22H21N3O4. The van der Waals surface area contributed by atoms with Gasteiger partial charge in [-0.2, -0.15) is 5.10 Å². The zero-order valence-corrected chi connectivity index (χ0v) is 16.2. The van der Waals surface area contributed by atoms with Gasteiger partial charge in [0.1, 0.15) is 5.75 Å². The number of hydrazone groups is 1. The lowest BCUT2D eigenvalue weighted by Gasteiger charge is -2.14. The highest BCUT2D eigenvalue weighted by molar-refractivity contribution is 6.02. The first-order valence-electron chi connectivity index (χ1n) is 9.17. The monoisotopic (exact) mass is 391 g/mol. The van der Waals surface area contributed by atoms with Crippen molar-refractivity contribution in [2.75, 3.05) is 0 Å². The summed E-state index contributed by atoms with van der Waals surface area (Å²) in [6, 6.07) is 17.6. The van der Waals surface area contributed by atoms with Crippen molar-refractivity contribution in [3.8, 4) is 5.75 Å². The number of benzene rings is 3. The highest BCUT2D eigenvalue weighted by Gasteiger charge is 2.10. The number of nitrogens with zero attached hydrogens (tertiary/aromatic N) is 2. The van der Waals surface area contributed by atoms with Crippen LogP contribution in [0.5, 0.6) is 5.75 Å². The van der Waals surface area contributed by atoms with Crippen LogP contribution in [0.15, 0.2) is 65.8 Å². The van der Waals surface area contributed by atoms with E-state index in [4.69, 9.17) is 4.74 Å². The second kappa shape index (κ2) is 8.97. The Labute approximate surface area is 168 Å². The van der Waals surface area contributed by atoms with Crippen LogP contribution >= 0.6 is 0 Å². The van der Waals surface area contributed by atoms with E-state index in [2.05, 4.69) is 10.5 Å². The molecule has 0 unspecified atom stereocenters. The predicted molar refractivity (Wildman–Crippen MR) is 112 cm³/mol. The van der Waals surface area contributed by atoms with Crippen LogP contribution < -0.4 is 10.2 Å². The van der Waals surface area contributed by atoms with Crippen molar-refractivity contribution in [2.45, 2.75) is 26.4 Å². The third-order valence-electron chi connectivity index (χ3n) is 4.19. The summed E-state index contributed by atoms with van der Waals surface area (Å²) in [5.41, 5.74) is 3.94. The first-order valence-corrected chi connectivity index (χ1v) is 9.17. The Hall–Kier alpha value is -3.74. The van der Waals surface area contributed by atoms with E-state index in [1.54, 1.807) is 18.3 Å². The molecule has 0 aromatic heterocycles. The molecule has 0 atom stereocenters. The van der Waals surface area contributed by atoms with Crippen molar-refractivity contribution in [1.82, 2.24) is 5.43 Å². The summed E-state index contributed by atoms with van der Waals surface area (Å²) in [5.74, 6) is 0.369. The number of fused-ring (bicyclic) bond motifs is 1. The van der Waals surface area contributed by atoms with Gasteiger partial charge in [-0.1, -0.05) is 42.5 Å². The maximum absolute atomic E-state index is 12.2. The van der Waals surface area contributed by atoms with Gasteiger partial charge in [-0.25, -0.2) is 5.43 Å². The van der Waals surface area contributed by atoms with Gasteiger partial charge in [0.15, 0.2) is 0 Å². The second-order valence-electron chi connectivity index (χ2n) is 6.76. The van der Waals surface area contributed by atoms with E-state index in [-0.39, 0.29) is 24.1 Å². The molecule has 0 aliphatic rings. The molecule has 0 aliphatic carbocycles. The topological polar surface area (TPSA) is 93.8 Å². The highest BCUT2D eigenvalue weighted by atomic mass is 16.6. The fourth-order valence-corrected chi connectivity index (χ4v) is 2.89. The normalized spacial score (nSPS) is 11.1. The Morgan fingerprint density at radius 2 is 1.86 bits per heavy atom. The summed E-state index contributed by atoms with van der Waals surface area (Å²) in [4.78, 5) is 22.4. The zero-order chi connectivity index (χ0) is 20.8. The summed E-state index contributed by atoms with van der Waals surface area (Å²) in [7, 11) is 0. The Bertz CT molecular complexity index is 1060. The van der Waals surface area contributed by atoms with Crippen LogP contribution in [0.1, 0.15) is 25.0 Å². The van der Waals surface area contributed by atoms with Gasteiger partial charge in [-0.05, 0) is 36.2 Å². The number of carbonyl (C=O) groups is 1. The lowest BCUT2D eigenvalue weighted by atomic mass is 10.0. The molecule has 0 radical (unpaired) electrons. The lowest BCUT2D eigenvalue weighted by molar-refractivity contribution is -0.384. The van der Waals surface area contributed by atoms with Gasteiger partial charge in [0.05, 0.1) is 23.7 Å². The number of amides is 1. The van der Waals surface area contributed by atoms with E-state index in [0.29, 0.717) is 11.3 Å². The van der Waals surface area contributed by atoms with E-state index in [1.165, 1.54) is 12.1 Å². The first-order chi connectivity index (χ1) is 13.9. The molecule has 0 spiro atoms. The number of carbonyl (C=O) groups excluding carboxylic acids is 1. The molecular weight excluding hydrogens is 370 g/mol. The van der Waals surface area contributed by atoms with E-state index in [9.17, 15) is 14.9 Å². The number of ether oxygens (including phenoxy) is 1. The maximum Gasteiger partial charge on any atom is 0.269 e. The summed E-state index contributed by atoms with van der Waals surface area (Å²) in [6.45, 7) is 3.89. The van der Waals surface area contributed by atoms with Gasteiger partial charge < -0.3 is 4.74 Å². The minimum Gasteiger partial charge on any atom is -0.490 e. The van der Waals surface area contributed by atoms with E-state index in [1.807, 2.05) is 50.2 Å². The van der Waals surface area contributed by atoms with Crippen LogP contribution in [0.3, 0.4) is 0 Å². The van der Waals surface area contributed by atoms with E-state index in [0.717, 1.165) is 16.3 Å². The molecule has 0 heterocycles. The predicted octanol–water partition coefficient (Wildman–Crippen LogP) is 4.23. The van der Waals surface area contributed by atoms with Gasteiger partial charge in [-0.3, -0.25) is 14.9 Å². The van der Waals surface area contributed by atoms with Crippen LogP contribution in [0.2, 0.25) is 0 Å². The third kappa shape index (κ3) is 5.16. The number of nitro benzene ring substituents is 1. The minimum absolute atomic E-state index is 0.0000377. The van der Waals surface area contributed by atoms with Crippen molar-refractivity contribution in [3.05, 3.63) is 81.9 Å². The molecule has 3 rings (SSSR count). The summed E-state index contributed by atoms with van der Waals surface area (Å²) in [6.07, 6.45) is 1.65. The van der Waals surface area contributed by atoms with Crippen molar-refractivity contribution >= 4 is 28.6 Å². The third-order valence-corrected chi connectivity index (χ3v) is 4.19. The van der Waals surface area contributed by atoms with Gasteiger partial charge in [0.2, 0.25) is 5.91 Å². The average Bonchev–Trinajstić information content (AvgIpc) is 2.69. The smallest absolute Gasteiger partial charge is 0.269 e. The molecule has 1 amide bonds. The Morgan fingerprint density at radius 1 is 1.14 bits per heavy atom. The number of non-ortho nitro benzene ring substituents is 1. The van der Waals surface area contributed by atoms with E-state index < -0.39 is 4.92 Å². The summed E-state index contributed by atoms with van der Waals surface area (Å²) >= 11 is 0. The molecule has 0 saturated heterocycles. The van der Waals surface area contributed by atoms with Crippen molar-refractivity contribution in [2.24, 2.45) is 5.10 Å². The maximum atomic E-state index is 12.2. The first kappa shape index (κ1) is 20.0. The molecule has 3 aromatic carbocycles. The van der Waals surface area contributed by atoms with Gasteiger partial charge in [0, 0.05) is 17.7 Å². The Kier molecular flexibility index (Phi) is 6.19. The SMILES string of the molecule is CC(C)Oc1ccc2ccccc2c1/C=N/NC(=O)Cc1ccc([N+](=O)[O-])cc1. The number of rotatable bonds is 7. The van der Waals surface area contributed by atoms with Crippen molar-refractivity contribution in [1.29, 1.82) is 0 Å². The summed E-state index contributed by atoms with van der Waals surface area (Å²) in [5, 5.41) is 16.8. The quantitative estimate of drug-likeness (QED) is 0.370. The molecule has 29 heavy (non-hydrogen) atoms. The Morgan fingerprint density at radius 3 is 2.55 bits per heavy atom. The summed E-state index contributed by atoms with van der Waals surface area (Å²) < 4.78 is 5.88. The molecule has 0 saturated carbocycles. The molecule has 0 aliphatic heterocycles. The minimum atomic E-state index is -0.477. The molecule has 1 N–H and O–H groups in total. The molecule has 7 heteroatoms. The van der Waals surface area contributed by atoms with E-state index >= 15 is 0 Å². The van der Waals surface area contributed by atoms with Crippen LogP contribution in [-0.4, -0.2) is 23.1 Å². The van der Waals surface area contributed by atoms with Gasteiger partial charge in [-0.15, -0.1) is 0 Å². The van der Waals surface area contributed by atoms with Crippen LogP contribution in [0.4, 0.5) is 5.69 Å². The van der Waals surface area contributed by atoms with Crippen molar-refractivity contribution in [3.63, 3.8) is 0 Å². The van der Waals surface area contributed by atoms with Gasteiger partial charge in [0.25, 0.3) is 5.69 Å². The van der Waals surface area contributed by atoms with Crippen LogP contribution in [0, 0.1) is 10.1 Å². The number of hydrogen-bond acceptors (Lipinski definition) is 5. The van der Waals surface area contributed by atoms with Crippen LogP contribution in [0.25, 0.3) is 10.8 Å². The second-order valence-corrected chi connectivity index (χ2v) is 6.76. The number of hydrogen-bond donors (Lipinski definition) is 1. The fourth-order valence-electron chi connectivity index (χ4n) is 2.89. The standard InChI is InChI=1S/C22H21N3O4/c1-15(2)29-21-12-9-17-5-3-4-6-19(17)20(21)14-23-24-22(26)13-16-7-10-18(11-8-16)25(27)28/h3-12,14-15H,13H2,1-2H3,(H,24,26)/b23-14+. The largest absolute Gasteiger partial charge is 0.490 e. The highest BCUT2D eigenvalue weighted by Crippen LogP contribution is 2.27. The Balaban J connectivity index is 1.74. The van der Waals surface area contributed by atoms with Crippen molar-refractivity contribution < 1.29 is 14.5 Å². The van der Waals surface area contributed by atoms with Crippen LogP contribution in [-0.2, 0) is 11.2 Å². The molecule has 0 bridgehead atoms. The fraction of sp³-hybridized carbons (Fsp3) is 0.182. The molecule has 3 aromatic rings. The lowest BCUT2D eigenvalue weighted by Crippen LogP contribution is -2.20. The number of nitrogens with one attached hydrogen (secondary N) is 1. The average molecular weight is 391 g/mol. The molecule has 7 nitrogen and oxygen atoms in total. The number of nitro groups is 1. The zero-order valence-electron chi connectivity index (χ0n) is 16.2. The molecule has 0 fully saturated rings. The van der Waals surface area contributed by atoms with Gasteiger partial charge >= 0.3 is 0 Å².